The molecule has 0 saturated heterocycles. The van der Waals surface area contributed by atoms with Gasteiger partial charge in [0.2, 0.25) is 0 Å². The molecule has 140 valence electrons. The third kappa shape index (κ3) is 3.53. The molecular weight excluding hydrogens is 352 g/mol. The van der Waals surface area contributed by atoms with Crippen LogP contribution in [0.1, 0.15) is 38.5 Å². The Hall–Kier alpha value is -2.15. The number of rotatable bonds is 6. The standard InChI is InChI=1S/C19H24N2O4S/c1-3-4-9-19(10-5-6-11-19)13-21-17(22)15-12-14(26(2,24)25)7-8-16(15)20-18(21)23/h3,7-8,12H,1,4-6,9-11,13H2,2H3,(H,20,23). The Morgan fingerprint density at radius 1 is 1.27 bits per heavy atom. The van der Waals surface area contributed by atoms with Gasteiger partial charge in [-0.25, -0.2) is 13.2 Å². The van der Waals surface area contributed by atoms with Crippen molar-refractivity contribution < 1.29 is 8.42 Å². The minimum atomic E-state index is -3.43. The van der Waals surface area contributed by atoms with Crippen molar-refractivity contribution >= 4 is 20.7 Å². The molecule has 1 fully saturated rings. The van der Waals surface area contributed by atoms with Gasteiger partial charge in [0, 0.05) is 12.8 Å². The Kier molecular flexibility index (Phi) is 4.92. The number of aromatic nitrogens is 2. The van der Waals surface area contributed by atoms with Crippen LogP contribution in [0.5, 0.6) is 0 Å². The first-order valence-electron chi connectivity index (χ1n) is 8.84. The summed E-state index contributed by atoms with van der Waals surface area (Å²) in [6.07, 6.45) is 8.85. The summed E-state index contributed by atoms with van der Waals surface area (Å²) in [5.41, 5.74) is -0.596. The lowest BCUT2D eigenvalue weighted by atomic mass is 9.81. The lowest BCUT2D eigenvalue weighted by Crippen LogP contribution is -2.40. The second kappa shape index (κ2) is 6.87. The number of H-pyrrole nitrogens is 1. The van der Waals surface area contributed by atoms with Crippen LogP contribution >= 0.6 is 0 Å². The van der Waals surface area contributed by atoms with Gasteiger partial charge in [-0.05, 0) is 49.3 Å². The van der Waals surface area contributed by atoms with Gasteiger partial charge in [-0.1, -0.05) is 18.9 Å². The molecule has 0 atom stereocenters. The number of hydrogen-bond acceptors (Lipinski definition) is 4. The number of nitrogens with zero attached hydrogens (tertiary/aromatic N) is 1. The highest BCUT2D eigenvalue weighted by atomic mass is 32.2. The number of hydrogen-bond donors (Lipinski definition) is 1. The van der Waals surface area contributed by atoms with E-state index in [0.29, 0.717) is 12.1 Å². The topological polar surface area (TPSA) is 89.0 Å². The number of aromatic amines is 1. The Bertz CT molecular complexity index is 1060. The maximum Gasteiger partial charge on any atom is 0.328 e. The first-order valence-corrected chi connectivity index (χ1v) is 10.7. The summed E-state index contributed by atoms with van der Waals surface area (Å²) in [6.45, 7) is 4.13. The van der Waals surface area contributed by atoms with Crippen LogP contribution in [0.4, 0.5) is 0 Å². The minimum Gasteiger partial charge on any atom is -0.307 e. The van der Waals surface area contributed by atoms with E-state index in [-0.39, 0.29) is 15.7 Å². The van der Waals surface area contributed by atoms with Crippen LogP contribution in [0.2, 0.25) is 0 Å². The van der Waals surface area contributed by atoms with Crippen LogP contribution in [-0.4, -0.2) is 24.2 Å². The molecule has 26 heavy (non-hydrogen) atoms. The summed E-state index contributed by atoms with van der Waals surface area (Å²) in [5, 5.41) is 0.226. The molecule has 1 aliphatic carbocycles. The van der Waals surface area contributed by atoms with Gasteiger partial charge in [0.1, 0.15) is 0 Å². The summed E-state index contributed by atoms with van der Waals surface area (Å²) in [6, 6.07) is 4.23. The summed E-state index contributed by atoms with van der Waals surface area (Å²) in [7, 11) is -3.43. The quantitative estimate of drug-likeness (QED) is 0.785. The van der Waals surface area contributed by atoms with Gasteiger partial charge in [-0.2, -0.15) is 0 Å². The zero-order chi connectivity index (χ0) is 18.9. The SMILES string of the molecule is C=CCCC1(Cn2c(=O)[nH]c3ccc(S(C)(=O)=O)cc3c2=O)CCCC1. The average Bonchev–Trinajstić information content (AvgIpc) is 3.04. The molecule has 0 spiro atoms. The highest BCUT2D eigenvalue weighted by Gasteiger charge is 2.34. The number of sulfone groups is 1. The summed E-state index contributed by atoms with van der Waals surface area (Å²) >= 11 is 0. The molecular formula is C19H24N2O4S. The normalized spacial score (nSPS) is 16.8. The molecule has 1 aliphatic rings. The van der Waals surface area contributed by atoms with Crippen molar-refractivity contribution in [3.63, 3.8) is 0 Å². The van der Waals surface area contributed by atoms with E-state index in [1.165, 1.54) is 22.8 Å². The molecule has 0 amide bonds. The van der Waals surface area contributed by atoms with Crippen molar-refractivity contribution in [1.29, 1.82) is 0 Å². The molecule has 1 aromatic heterocycles. The predicted molar refractivity (Wildman–Crippen MR) is 102 cm³/mol. The molecule has 1 aromatic carbocycles. The zero-order valence-electron chi connectivity index (χ0n) is 15.0. The Morgan fingerprint density at radius 3 is 2.58 bits per heavy atom. The van der Waals surface area contributed by atoms with Crippen LogP contribution in [0.3, 0.4) is 0 Å². The third-order valence-corrected chi connectivity index (χ3v) is 6.53. The summed E-state index contributed by atoms with van der Waals surface area (Å²) < 4.78 is 24.8. The fraction of sp³-hybridized carbons (Fsp3) is 0.474. The van der Waals surface area contributed by atoms with Gasteiger partial charge in [0.25, 0.3) is 5.56 Å². The molecule has 1 heterocycles. The van der Waals surface area contributed by atoms with Crippen LogP contribution < -0.4 is 11.2 Å². The lowest BCUT2D eigenvalue weighted by molar-refractivity contribution is 0.222. The van der Waals surface area contributed by atoms with Crippen molar-refractivity contribution in [3.05, 3.63) is 51.7 Å². The molecule has 0 radical (unpaired) electrons. The lowest BCUT2D eigenvalue weighted by Gasteiger charge is -2.29. The maximum atomic E-state index is 13.0. The van der Waals surface area contributed by atoms with E-state index >= 15 is 0 Å². The first kappa shape index (κ1) is 18.6. The number of nitrogens with one attached hydrogen (secondary N) is 1. The van der Waals surface area contributed by atoms with E-state index in [1.807, 2.05) is 6.08 Å². The molecule has 7 heteroatoms. The average molecular weight is 376 g/mol. The molecule has 0 unspecified atom stereocenters. The number of fused-ring (bicyclic) bond motifs is 1. The van der Waals surface area contributed by atoms with E-state index in [0.717, 1.165) is 44.8 Å². The van der Waals surface area contributed by atoms with Gasteiger partial charge < -0.3 is 4.98 Å². The van der Waals surface area contributed by atoms with Crippen LogP contribution in [0.25, 0.3) is 10.9 Å². The highest BCUT2D eigenvalue weighted by molar-refractivity contribution is 7.90. The van der Waals surface area contributed by atoms with Crippen molar-refractivity contribution in [1.82, 2.24) is 9.55 Å². The predicted octanol–water partition coefficient (Wildman–Crippen LogP) is 2.62. The van der Waals surface area contributed by atoms with Gasteiger partial charge >= 0.3 is 5.69 Å². The molecule has 0 aliphatic heterocycles. The van der Waals surface area contributed by atoms with Crippen molar-refractivity contribution in [2.75, 3.05) is 6.26 Å². The summed E-state index contributed by atoms with van der Waals surface area (Å²) in [4.78, 5) is 28.3. The maximum absolute atomic E-state index is 13.0. The Morgan fingerprint density at radius 2 is 1.96 bits per heavy atom. The van der Waals surface area contributed by atoms with E-state index in [9.17, 15) is 18.0 Å². The second-order valence-electron chi connectivity index (χ2n) is 7.34. The van der Waals surface area contributed by atoms with Crippen molar-refractivity contribution in [2.45, 2.75) is 50.0 Å². The fourth-order valence-electron chi connectivity index (χ4n) is 3.96. The summed E-state index contributed by atoms with van der Waals surface area (Å²) in [5.74, 6) is 0. The smallest absolute Gasteiger partial charge is 0.307 e. The molecule has 0 bridgehead atoms. The molecule has 3 rings (SSSR count). The third-order valence-electron chi connectivity index (χ3n) is 5.42. The Labute approximate surface area is 152 Å². The minimum absolute atomic E-state index is 0.0722. The van der Waals surface area contributed by atoms with Crippen LogP contribution in [0.15, 0.2) is 45.3 Å². The van der Waals surface area contributed by atoms with E-state index in [1.54, 1.807) is 0 Å². The van der Waals surface area contributed by atoms with Crippen LogP contribution in [-0.2, 0) is 16.4 Å². The molecule has 1 saturated carbocycles. The van der Waals surface area contributed by atoms with Crippen LogP contribution in [0, 0.1) is 5.41 Å². The van der Waals surface area contributed by atoms with E-state index < -0.39 is 21.1 Å². The molecule has 1 N–H and O–H groups in total. The molecule has 2 aromatic rings. The first-order chi connectivity index (χ1) is 12.3. The second-order valence-corrected chi connectivity index (χ2v) is 9.35. The van der Waals surface area contributed by atoms with E-state index in [2.05, 4.69) is 11.6 Å². The Balaban J connectivity index is 2.12. The van der Waals surface area contributed by atoms with Gasteiger partial charge in [0.05, 0.1) is 15.8 Å². The van der Waals surface area contributed by atoms with Gasteiger partial charge in [-0.3, -0.25) is 9.36 Å². The highest BCUT2D eigenvalue weighted by Crippen LogP contribution is 2.43. The van der Waals surface area contributed by atoms with Crippen molar-refractivity contribution in [3.8, 4) is 0 Å². The molecule has 6 nitrogen and oxygen atoms in total. The van der Waals surface area contributed by atoms with Crippen molar-refractivity contribution in [2.24, 2.45) is 5.41 Å². The fourth-order valence-corrected chi connectivity index (χ4v) is 4.61. The number of benzene rings is 1. The largest absolute Gasteiger partial charge is 0.328 e. The van der Waals surface area contributed by atoms with Gasteiger partial charge in [0.15, 0.2) is 9.84 Å². The van der Waals surface area contributed by atoms with Gasteiger partial charge in [-0.15, -0.1) is 6.58 Å². The number of allylic oxidation sites excluding steroid dienone is 1. The monoisotopic (exact) mass is 376 g/mol. The zero-order valence-corrected chi connectivity index (χ0v) is 15.8. The van der Waals surface area contributed by atoms with E-state index in [4.69, 9.17) is 0 Å².